The molecule has 136 valence electrons. The third-order valence-corrected chi connectivity index (χ3v) is 5.98. The average molecular weight is 344 g/mol. The van der Waals surface area contributed by atoms with Gasteiger partial charge in [0.15, 0.2) is 5.58 Å². The van der Waals surface area contributed by atoms with Crippen molar-refractivity contribution in [2.45, 2.75) is 65.5 Å². The molecule has 5 heteroatoms. The van der Waals surface area contributed by atoms with E-state index in [4.69, 9.17) is 4.42 Å². The van der Waals surface area contributed by atoms with E-state index in [9.17, 15) is 9.59 Å². The molecule has 0 atom stereocenters. The Morgan fingerprint density at radius 2 is 1.92 bits per heavy atom. The van der Waals surface area contributed by atoms with Crippen molar-refractivity contribution in [3.05, 3.63) is 34.8 Å². The largest absolute Gasteiger partial charge is 0.420 e. The zero-order valence-corrected chi connectivity index (χ0v) is 15.4. The molecule has 1 saturated carbocycles. The number of nitrogens with one attached hydrogen (secondary N) is 1. The topological polar surface area (TPSA) is 64.2 Å². The molecular weight excluding hydrogens is 316 g/mol. The van der Waals surface area contributed by atoms with Crippen LogP contribution in [-0.4, -0.2) is 16.5 Å². The van der Waals surface area contributed by atoms with Gasteiger partial charge in [-0.1, -0.05) is 39.3 Å². The molecule has 0 saturated heterocycles. The van der Waals surface area contributed by atoms with Crippen LogP contribution in [0.25, 0.3) is 11.1 Å². The van der Waals surface area contributed by atoms with Crippen LogP contribution in [0.15, 0.2) is 33.5 Å². The second-order valence-corrected chi connectivity index (χ2v) is 7.88. The van der Waals surface area contributed by atoms with Crippen LogP contribution in [0, 0.1) is 11.3 Å². The normalized spacial score (nSPS) is 21.4. The number of carbonyl (C=O) groups is 1. The van der Waals surface area contributed by atoms with Crippen LogP contribution in [0.3, 0.4) is 0 Å². The second-order valence-electron chi connectivity index (χ2n) is 7.88. The van der Waals surface area contributed by atoms with Gasteiger partial charge >= 0.3 is 5.76 Å². The number of nitrogens with zero attached hydrogens (tertiary/aromatic N) is 1. The fraction of sp³-hybridized carbons (Fsp3) is 0.600. The number of hydrogen-bond acceptors (Lipinski definition) is 3. The lowest BCUT2D eigenvalue weighted by molar-refractivity contribution is -0.122. The molecule has 1 aliphatic rings. The first kappa shape index (κ1) is 17.8. The van der Waals surface area contributed by atoms with E-state index >= 15 is 0 Å². The Labute approximate surface area is 148 Å². The van der Waals surface area contributed by atoms with Crippen LogP contribution < -0.4 is 11.1 Å². The number of rotatable bonds is 5. The van der Waals surface area contributed by atoms with Gasteiger partial charge in [0.2, 0.25) is 5.91 Å². The number of oxazole rings is 1. The van der Waals surface area contributed by atoms with Gasteiger partial charge in [0.05, 0.1) is 5.52 Å². The number of hydrogen-bond donors (Lipinski definition) is 1. The average Bonchev–Trinajstić information content (AvgIpc) is 2.91. The maximum Gasteiger partial charge on any atom is 0.420 e. The number of carbonyl (C=O) groups excluding carboxylic acids is 1. The molecule has 0 bridgehead atoms. The van der Waals surface area contributed by atoms with Gasteiger partial charge in [0.25, 0.3) is 0 Å². The van der Waals surface area contributed by atoms with Gasteiger partial charge in [0, 0.05) is 6.04 Å². The summed E-state index contributed by atoms with van der Waals surface area (Å²) in [7, 11) is 0. The summed E-state index contributed by atoms with van der Waals surface area (Å²) in [4.78, 5) is 24.4. The van der Waals surface area contributed by atoms with Crippen molar-refractivity contribution in [3.8, 4) is 0 Å². The molecule has 1 aromatic heterocycles. The third-order valence-electron chi connectivity index (χ3n) is 5.98. The SMILES string of the molecule is CCC(C)(C)C1CCC(NC(=O)Cn2c(=O)oc3ccccc32)CC1. The second kappa shape index (κ2) is 7.06. The molecule has 5 nitrogen and oxygen atoms in total. The molecule has 0 radical (unpaired) electrons. The number of fused-ring (bicyclic) bond motifs is 1. The van der Waals surface area contributed by atoms with Crippen molar-refractivity contribution in [2.75, 3.05) is 0 Å². The number of aromatic nitrogens is 1. The predicted octanol–water partition coefficient (Wildman–Crippen LogP) is 3.71. The minimum absolute atomic E-state index is 0.0101. The molecule has 0 unspecified atom stereocenters. The van der Waals surface area contributed by atoms with Crippen LogP contribution >= 0.6 is 0 Å². The Balaban J connectivity index is 1.59. The van der Waals surface area contributed by atoms with Crippen molar-refractivity contribution in [2.24, 2.45) is 11.3 Å². The van der Waals surface area contributed by atoms with E-state index < -0.39 is 5.76 Å². The Morgan fingerprint density at radius 1 is 1.24 bits per heavy atom. The first-order chi connectivity index (χ1) is 11.9. The minimum atomic E-state index is -0.482. The predicted molar refractivity (Wildman–Crippen MR) is 98.4 cm³/mol. The molecule has 1 N–H and O–H groups in total. The van der Waals surface area contributed by atoms with E-state index in [2.05, 4.69) is 26.1 Å². The molecule has 0 aliphatic heterocycles. The summed E-state index contributed by atoms with van der Waals surface area (Å²) in [5.41, 5.74) is 1.55. The van der Waals surface area contributed by atoms with Crippen LogP contribution in [0.4, 0.5) is 0 Å². The highest BCUT2D eigenvalue weighted by Gasteiger charge is 2.32. The highest BCUT2D eigenvalue weighted by molar-refractivity contribution is 5.79. The van der Waals surface area contributed by atoms with Crippen molar-refractivity contribution < 1.29 is 9.21 Å². The lowest BCUT2D eigenvalue weighted by atomic mass is 9.69. The zero-order valence-electron chi connectivity index (χ0n) is 15.4. The standard InChI is InChI=1S/C20H28N2O3/c1-4-20(2,3)14-9-11-15(12-10-14)21-18(23)13-22-16-7-5-6-8-17(16)25-19(22)24/h5-8,14-15H,4,9-13H2,1-3H3,(H,21,23). The van der Waals surface area contributed by atoms with Crippen molar-refractivity contribution in [3.63, 3.8) is 0 Å². The highest BCUT2D eigenvalue weighted by Crippen LogP contribution is 2.40. The van der Waals surface area contributed by atoms with Gasteiger partial charge in [-0.15, -0.1) is 0 Å². The molecule has 0 spiro atoms. The molecule has 2 aromatic rings. The summed E-state index contributed by atoms with van der Waals surface area (Å²) in [6.07, 6.45) is 5.52. The lowest BCUT2D eigenvalue weighted by Gasteiger charge is -2.39. The van der Waals surface area contributed by atoms with Gasteiger partial charge in [-0.2, -0.15) is 0 Å². The lowest BCUT2D eigenvalue weighted by Crippen LogP contribution is -2.41. The van der Waals surface area contributed by atoms with Gasteiger partial charge in [-0.3, -0.25) is 9.36 Å². The van der Waals surface area contributed by atoms with Crippen molar-refractivity contribution in [1.29, 1.82) is 0 Å². The van der Waals surface area contributed by atoms with Crippen molar-refractivity contribution >= 4 is 17.0 Å². The maximum absolute atomic E-state index is 12.4. The van der Waals surface area contributed by atoms with Gasteiger partial charge < -0.3 is 9.73 Å². The van der Waals surface area contributed by atoms with E-state index in [-0.39, 0.29) is 18.5 Å². The molecule has 1 aromatic carbocycles. The molecule has 1 heterocycles. The number of benzene rings is 1. The summed E-state index contributed by atoms with van der Waals surface area (Å²) < 4.78 is 6.58. The molecule has 3 rings (SSSR count). The van der Waals surface area contributed by atoms with Crippen LogP contribution in [0.5, 0.6) is 0 Å². The summed E-state index contributed by atoms with van der Waals surface area (Å²) in [5.74, 6) is 0.127. The van der Waals surface area contributed by atoms with Gasteiger partial charge in [-0.05, 0) is 49.1 Å². The molecule has 25 heavy (non-hydrogen) atoms. The van der Waals surface area contributed by atoms with Gasteiger partial charge in [0.1, 0.15) is 6.54 Å². The summed E-state index contributed by atoms with van der Waals surface area (Å²) in [6, 6.07) is 7.40. The summed E-state index contributed by atoms with van der Waals surface area (Å²) in [5, 5.41) is 3.10. The number of amides is 1. The Hall–Kier alpha value is -2.04. The summed E-state index contributed by atoms with van der Waals surface area (Å²) >= 11 is 0. The highest BCUT2D eigenvalue weighted by atomic mass is 16.4. The summed E-state index contributed by atoms with van der Waals surface area (Å²) in [6.45, 7) is 6.94. The van der Waals surface area contributed by atoms with Crippen LogP contribution in [-0.2, 0) is 11.3 Å². The number of para-hydroxylation sites is 2. The van der Waals surface area contributed by atoms with Crippen LogP contribution in [0.2, 0.25) is 0 Å². The Morgan fingerprint density at radius 3 is 2.60 bits per heavy atom. The monoisotopic (exact) mass is 344 g/mol. The fourth-order valence-electron chi connectivity index (χ4n) is 3.89. The zero-order chi connectivity index (χ0) is 18.0. The van der Waals surface area contributed by atoms with Crippen molar-refractivity contribution in [1.82, 2.24) is 9.88 Å². The van der Waals surface area contributed by atoms with Gasteiger partial charge in [-0.25, -0.2) is 4.79 Å². The van der Waals surface area contributed by atoms with E-state index in [1.165, 1.54) is 11.0 Å². The van der Waals surface area contributed by atoms with E-state index in [0.717, 1.165) is 31.6 Å². The molecule has 1 aliphatic carbocycles. The first-order valence-corrected chi connectivity index (χ1v) is 9.28. The third kappa shape index (κ3) is 3.80. The smallest absolute Gasteiger partial charge is 0.408 e. The van der Waals surface area contributed by atoms with E-state index in [1.807, 2.05) is 12.1 Å². The fourth-order valence-corrected chi connectivity index (χ4v) is 3.89. The molecule has 1 amide bonds. The van der Waals surface area contributed by atoms with E-state index in [0.29, 0.717) is 16.5 Å². The van der Waals surface area contributed by atoms with Crippen LogP contribution in [0.1, 0.15) is 52.9 Å². The molecular formula is C20H28N2O3. The minimum Gasteiger partial charge on any atom is -0.408 e. The maximum atomic E-state index is 12.4. The Kier molecular flexibility index (Phi) is 5.02. The quantitative estimate of drug-likeness (QED) is 0.899. The first-order valence-electron chi connectivity index (χ1n) is 9.28. The van der Waals surface area contributed by atoms with E-state index in [1.54, 1.807) is 12.1 Å². The Bertz CT molecular complexity index is 795. The molecule has 1 fully saturated rings.